The van der Waals surface area contributed by atoms with E-state index in [-0.39, 0.29) is 5.60 Å². The smallest absolute Gasteiger partial charge is 0.0927 e. The Hall–Kier alpha value is -0.820. The van der Waals surface area contributed by atoms with Gasteiger partial charge in [-0.3, -0.25) is 0 Å². The lowest BCUT2D eigenvalue weighted by molar-refractivity contribution is -0.0778. The number of hydrogen-bond acceptors (Lipinski definition) is 1. The molecule has 82 valence electrons. The Labute approximate surface area is 92.5 Å². The van der Waals surface area contributed by atoms with Crippen molar-refractivity contribution >= 4 is 0 Å². The van der Waals surface area contributed by atoms with Crippen LogP contribution in [-0.4, -0.2) is 7.11 Å². The van der Waals surface area contributed by atoms with Crippen LogP contribution in [0, 0.1) is 0 Å². The average molecular weight is 204 g/mol. The molecule has 0 bridgehead atoms. The highest BCUT2D eigenvalue weighted by Crippen LogP contribution is 2.44. The molecule has 2 rings (SSSR count). The van der Waals surface area contributed by atoms with Crippen LogP contribution in [0.3, 0.4) is 0 Å². The maximum absolute atomic E-state index is 5.66. The normalized spacial score (nSPS) is 18.5. The third kappa shape index (κ3) is 1.93. The minimum atomic E-state index is 0.0464. The van der Waals surface area contributed by atoms with Crippen molar-refractivity contribution in [2.75, 3.05) is 7.11 Å². The van der Waals surface area contributed by atoms with Crippen molar-refractivity contribution in [3.8, 4) is 0 Å². The first-order valence-corrected chi connectivity index (χ1v) is 5.95. The molecule has 0 spiro atoms. The summed E-state index contributed by atoms with van der Waals surface area (Å²) >= 11 is 0. The van der Waals surface area contributed by atoms with Crippen LogP contribution < -0.4 is 0 Å². The van der Waals surface area contributed by atoms with E-state index in [1.165, 1.54) is 43.2 Å². The molecule has 1 nitrogen and oxygen atoms in total. The number of rotatable bonds is 4. The molecule has 0 aliphatic heterocycles. The molecule has 1 heteroatoms. The van der Waals surface area contributed by atoms with E-state index in [0.29, 0.717) is 0 Å². The van der Waals surface area contributed by atoms with E-state index < -0.39 is 0 Å². The Morgan fingerprint density at radius 3 is 2.27 bits per heavy atom. The first kappa shape index (κ1) is 10.7. The van der Waals surface area contributed by atoms with Crippen molar-refractivity contribution in [1.82, 2.24) is 0 Å². The van der Waals surface area contributed by atoms with E-state index in [0.717, 1.165) is 0 Å². The second kappa shape index (κ2) is 4.36. The summed E-state index contributed by atoms with van der Waals surface area (Å²) in [7, 11) is 1.83. The minimum absolute atomic E-state index is 0.0464. The molecule has 0 unspecified atom stereocenters. The number of ether oxygens (including phenoxy) is 1. The van der Waals surface area contributed by atoms with Crippen LogP contribution in [0.5, 0.6) is 0 Å². The fourth-order valence-corrected chi connectivity index (χ4v) is 2.37. The van der Waals surface area contributed by atoms with Crippen LogP contribution in [-0.2, 0) is 16.8 Å². The SMILES string of the molecule is CCCc1ccc(C2(OC)CCC2)cc1. The number of methoxy groups -OCH3 is 1. The second-order valence-electron chi connectivity index (χ2n) is 4.50. The monoisotopic (exact) mass is 204 g/mol. The lowest BCUT2D eigenvalue weighted by Gasteiger charge is -2.41. The highest BCUT2D eigenvalue weighted by Gasteiger charge is 2.38. The summed E-state index contributed by atoms with van der Waals surface area (Å²) in [5.41, 5.74) is 2.84. The van der Waals surface area contributed by atoms with Crippen LogP contribution in [0.15, 0.2) is 24.3 Å². The van der Waals surface area contributed by atoms with Gasteiger partial charge in [-0.05, 0) is 36.8 Å². The minimum Gasteiger partial charge on any atom is -0.374 e. The van der Waals surface area contributed by atoms with Gasteiger partial charge in [0.1, 0.15) is 0 Å². The topological polar surface area (TPSA) is 9.23 Å². The summed E-state index contributed by atoms with van der Waals surface area (Å²) in [6, 6.07) is 8.98. The Balaban J connectivity index is 2.15. The van der Waals surface area contributed by atoms with Crippen molar-refractivity contribution in [2.45, 2.75) is 44.6 Å². The average Bonchev–Trinajstić information content (AvgIpc) is 2.20. The molecule has 1 aromatic rings. The number of hydrogen-bond donors (Lipinski definition) is 0. The summed E-state index contributed by atoms with van der Waals surface area (Å²) in [5.74, 6) is 0. The molecule has 0 heterocycles. The van der Waals surface area contributed by atoms with Crippen molar-refractivity contribution < 1.29 is 4.74 Å². The van der Waals surface area contributed by atoms with Gasteiger partial charge in [-0.25, -0.2) is 0 Å². The zero-order valence-corrected chi connectivity index (χ0v) is 9.75. The summed E-state index contributed by atoms with van der Waals surface area (Å²) in [6.07, 6.45) is 6.05. The molecule has 0 aromatic heterocycles. The zero-order valence-electron chi connectivity index (χ0n) is 9.75. The molecule has 1 aliphatic carbocycles. The standard InChI is InChI=1S/C14H20O/c1-3-5-12-6-8-13(9-7-12)14(15-2)10-4-11-14/h6-9H,3-5,10-11H2,1-2H3. The Morgan fingerprint density at radius 1 is 1.20 bits per heavy atom. The van der Waals surface area contributed by atoms with E-state index in [2.05, 4.69) is 31.2 Å². The number of aryl methyl sites for hydroxylation is 1. The van der Waals surface area contributed by atoms with Gasteiger partial charge in [0, 0.05) is 7.11 Å². The summed E-state index contributed by atoms with van der Waals surface area (Å²) < 4.78 is 5.66. The van der Waals surface area contributed by atoms with Crippen molar-refractivity contribution in [2.24, 2.45) is 0 Å². The first-order chi connectivity index (χ1) is 7.30. The lowest BCUT2D eigenvalue weighted by Crippen LogP contribution is -2.35. The van der Waals surface area contributed by atoms with Gasteiger partial charge >= 0.3 is 0 Å². The molecule has 0 radical (unpaired) electrons. The molecule has 0 N–H and O–H groups in total. The molecular weight excluding hydrogens is 184 g/mol. The molecule has 1 aromatic carbocycles. The molecule has 1 saturated carbocycles. The molecule has 1 aliphatic rings. The van der Waals surface area contributed by atoms with Crippen LogP contribution in [0.1, 0.15) is 43.7 Å². The lowest BCUT2D eigenvalue weighted by atomic mass is 9.74. The van der Waals surface area contributed by atoms with E-state index in [4.69, 9.17) is 4.74 Å². The van der Waals surface area contributed by atoms with Gasteiger partial charge in [-0.2, -0.15) is 0 Å². The zero-order chi connectivity index (χ0) is 10.7. The van der Waals surface area contributed by atoms with Crippen LogP contribution >= 0.6 is 0 Å². The Morgan fingerprint density at radius 2 is 1.87 bits per heavy atom. The van der Waals surface area contributed by atoms with Crippen LogP contribution in [0.4, 0.5) is 0 Å². The van der Waals surface area contributed by atoms with Gasteiger partial charge in [-0.15, -0.1) is 0 Å². The van der Waals surface area contributed by atoms with Gasteiger partial charge in [0.25, 0.3) is 0 Å². The molecule has 0 atom stereocenters. The van der Waals surface area contributed by atoms with E-state index >= 15 is 0 Å². The summed E-state index contributed by atoms with van der Waals surface area (Å²) in [5, 5.41) is 0. The van der Waals surface area contributed by atoms with Crippen molar-refractivity contribution in [3.63, 3.8) is 0 Å². The summed E-state index contributed by atoms with van der Waals surface area (Å²) in [4.78, 5) is 0. The summed E-state index contributed by atoms with van der Waals surface area (Å²) in [6.45, 7) is 2.22. The van der Waals surface area contributed by atoms with Gasteiger partial charge in [0.15, 0.2) is 0 Å². The van der Waals surface area contributed by atoms with E-state index in [1.807, 2.05) is 7.11 Å². The van der Waals surface area contributed by atoms with Gasteiger partial charge < -0.3 is 4.74 Å². The van der Waals surface area contributed by atoms with E-state index in [1.54, 1.807) is 0 Å². The van der Waals surface area contributed by atoms with Crippen molar-refractivity contribution in [1.29, 1.82) is 0 Å². The van der Waals surface area contributed by atoms with E-state index in [9.17, 15) is 0 Å². The Bertz CT molecular complexity index is 303. The maximum Gasteiger partial charge on any atom is 0.0927 e. The maximum atomic E-state index is 5.66. The molecule has 1 fully saturated rings. The third-order valence-corrected chi connectivity index (χ3v) is 3.57. The second-order valence-corrected chi connectivity index (χ2v) is 4.50. The van der Waals surface area contributed by atoms with Crippen LogP contribution in [0.25, 0.3) is 0 Å². The molecule has 0 amide bonds. The highest BCUT2D eigenvalue weighted by molar-refractivity contribution is 5.29. The third-order valence-electron chi connectivity index (χ3n) is 3.57. The van der Waals surface area contributed by atoms with Gasteiger partial charge in [-0.1, -0.05) is 37.6 Å². The predicted molar refractivity (Wildman–Crippen MR) is 63.0 cm³/mol. The van der Waals surface area contributed by atoms with Gasteiger partial charge in [0.05, 0.1) is 5.60 Å². The fourth-order valence-electron chi connectivity index (χ4n) is 2.37. The van der Waals surface area contributed by atoms with Crippen LogP contribution in [0.2, 0.25) is 0 Å². The fraction of sp³-hybridized carbons (Fsp3) is 0.571. The quantitative estimate of drug-likeness (QED) is 0.727. The molecule has 0 saturated heterocycles. The molecular formula is C14H20O. The number of benzene rings is 1. The molecule has 15 heavy (non-hydrogen) atoms. The largest absolute Gasteiger partial charge is 0.374 e. The van der Waals surface area contributed by atoms with Crippen molar-refractivity contribution in [3.05, 3.63) is 35.4 Å². The highest BCUT2D eigenvalue weighted by atomic mass is 16.5. The predicted octanol–water partition coefficient (Wildman–Crippen LogP) is 3.66. The Kier molecular flexibility index (Phi) is 3.11. The first-order valence-electron chi connectivity index (χ1n) is 5.95. The van der Waals surface area contributed by atoms with Gasteiger partial charge in [0.2, 0.25) is 0 Å².